The summed E-state index contributed by atoms with van der Waals surface area (Å²) in [5.41, 5.74) is 1.85. The first-order valence-corrected chi connectivity index (χ1v) is 11.8. The molecule has 0 bridgehead atoms. The van der Waals surface area contributed by atoms with E-state index >= 15 is 0 Å². The molecule has 2 aliphatic rings. The summed E-state index contributed by atoms with van der Waals surface area (Å²) in [6.45, 7) is 7.33. The van der Waals surface area contributed by atoms with Crippen LogP contribution in [0.4, 0.5) is 5.82 Å². The molecule has 2 aromatic rings. The predicted molar refractivity (Wildman–Crippen MR) is 129 cm³/mol. The molecule has 1 amide bonds. The molecule has 164 valence electrons. The Morgan fingerprint density at radius 2 is 2.03 bits per heavy atom. The molecular weight excluding hydrogens is 432 g/mol. The van der Waals surface area contributed by atoms with E-state index in [9.17, 15) is 9.59 Å². The predicted octanol–water partition coefficient (Wildman–Crippen LogP) is 3.23. The van der Waals surface area contributed by atoms with Crippen LogP contribution in [0.3, 0.4) is 0 Å². The van der Waals surface area contributed by atoms with Crippen molar-refractivity contribution >= 4 is 51.7 Å². The number of thiocarbonyl (C=S) groups is 1. The third-order valence-corrected chi connectivity index (χ3v) is 6.79. The van der Waals surface area contributed by atoms with Crippen molar-refractivity contribution in [1.29, 1.82) is 0 Å². The second-order valence-electron chi connectivity index (χ2n) is 7.67. The Bertz CT molecular complexity index is 1110. The summed E-state index contributed by atoms with van der Waals surface area (Å²) in [7, 11) is 0. The number of ether oxygens (including phenoxy) is 1. The number of thioether (sulfide) groups is 1. The SMILES string of the molecule is CCOCCCN1C(=O)/C(=C\c2c(N3CCCC3)nc3ccc(C)cn3c2=O)SC1=S. The molecule has 7 nitrogen and oxygen atoms in total. The number of hydrogen-bond donors (Lipinski definition) is 0. The fourth-order valence-corrected chi connectivity index (χ4v) is 5.13. The van der Waals surface area contributed by atoms with Gasteiger partial charge in [-0.3, -0.25) is 18.9 Å². The molecule has 0 saturated carbocycles. The number of aromatic nitrogens is 2. The smallest absolute Gasteiger partial charge is 0.267 e. The number of hydrogen-bond acceptors (Lipinski definition) is 7. The monoisotopic (exact) mass is 458 g/mol. The average Bonchev–Trinajstić information content (AvgIpc) is 3.37. The number of fused-ring (bicyclic) bond motifs is 1. The van der Waals surface area contributed by atoms with Crippen LogP contribution in [0.15, 0.2) is 28.0 Å². The maximum Gasteiger partial charge on any atom is 0.267 e. The second-order valence-corrected chi connectivity index (χ2v) is 9.34. The molecule has 0 unspecified atom stereocenters. The first-order chi connectivity index (χ1) is 15.0. The highest BCUT2D eigenvalue weighted by Crippen LogP contribution is 2.34. The quantitative estimate of drug-likeness (QED) is 0.358. The second kappa shape index (κ2) is 9.50. The standard InChI is InChI=1S/C22H26N4O3S2/c1-3-29-12-6-11-25-21(28)17(31-22(25)30)13-16-19(24-9-4-5-10-24)23-18-8-7-15(2)14-26(18)20(16)27/h7-8,13-14H,3-6,9-12H2,1-2H3/b17-13+. The zero-order valence-corrected chi connectivity index (χ0v) is 19.4. The van der Waals surface area contributed by atoms with Crippen LogP contribution in [0.1, 0.15) is 37.3 Å². The van der Waals surface area contributed by atoms with E-state index in [2.05, 4.69) is 4.90 Å². The van der Waals surface area contributed by atoms with Crippen molar-refractivity contribution in [2.24, 2.45) is 0 Å². The third-order valence-electron chi connectivity index (χ3n) is 5.41. The van der Waals surface area contributed by atoms with Gasteiger partial charge in [0.15, 0.2) is 0 Å². The highest BCUT2D eigenvalue weighted by atomic mass is 32.2. The molecular formula is C22H26N4O3S2. The summed E-state index contributed by atoms with van der Waals surface area (Å²) < 4.78 is 7.44. The Balaban J connectivity index is 1.73. The van der Waals surface area contributed by atoms with Gasteiger partial charge < -0.3 is 9.64 Å². The Morgan fingerprint density at radius 1 is 1.26 bits per heavy atom. The van der Waals surface area contributed by atoms with Gasteiger partial charge in [-0.25, -0.2) is 4.98 Å². The number of pyridine rings is 1. The van der Waals surface area contributed by atoms with Crippen LogP contribution in [-0.2, 0) is 9.53 Å². The first-order valence-electron chi connectivity index (χ1n) is 10.6. The van der Waals surface area contributed by atoms with Crippen molar-refractivity contribution in [2.75, 3.05) is 37.7 Å². The summed E-state index contributed by atoms with van der Waals surface area (Å²) in [5, 5.41) is 0. The van der Waals surface area contributed by atoms with Crippen LogP contribution in [0.25, 0.3) is 11.7 Å². The van der Waals surface area contributed by atoms with E-state index in [4.69, 9.17) is 21.9 Å². The van der Waals surface area contributed by atoms with Crippen molar-refractivity contribution in [1.82, 2.24) is 14.3 Å². The lowest BCUT2D eigenvalue weighted by Gasteiger charge is -2.19. The van der Waals surface area contributed by atoms with Crippen molar-refractivity contribution < 1.29 is 9.53 Å². The van der Waals surface area contributed by atoms with Crippen molar-refractivity contribution in [3.05, 3.63) is 44.7 Å². The lowest BCUT2D eigenvalue weighted by Crippen LogP contribution is -2.30. The van der Waals surface area contributed by atoms with Crippen molar-refractivity contribution in [3.63, 3.8) is 0 Å². The maximum atomic E-state index is 13.4. The molecule has 0 aromatic carbocycles. The Labute approximate surface area is 191 Å². The molecule has 2 saturated heterocycles. The Hall–Kier alpha value is -2.23. The average molecular weight is 459 g/mol. The zero-order chi connectivity index (χ0) is 22.0. The third kappa shape index (κ3) is 4.53. The minimum atomic E-state index is -0.169. The van der Waals surface area contributed by atoms with Crippen molar-refractivity contribution in [2.45, 2.75) is 33.1 Å². The fraction of sp³-hybridized carbons (Fsp3) is 0.455. The van der Waals surface area contributed by atoms with E-state index in [0.29, 0.717) is 52.4 Å². The van der Waals surface area contributed by atoms with Crippen molar-refractivity contribution in [3.8, 4) is 0 Å². The highest BCUT2D eigenvalue weighted by molar-refractivity contribution is 8.26. The van der Waals surface area contributed by atoms with E-state index in [1.165, 1.54) is 11.8 Å². The molecule has 0 radical (unpaired) electrons. The molecule has 31 heavy (non-hydrogen) atoms. The van der Waals surface area contributed by atoms with Gasteiger partial charge in [0.1, 0.15) is 15.8 Å². The first kappa shape index (κ1) is 22.0. The van der Waals surface area contributed by atoms with Crippen LogP contribution in [0, 0.1) is 6.92 Å². The maximum absolute atomic E-state index is 13.4. The fourth-order valence-electron chi connectivity index (χ4n) is 3.84. The highest BCUT2D eigenvalue weighted by Gasteiger charge is 2.32. The largest absolute Gasteiger partial charge is 0.382 e. The number of carbonyl (C=O) groups excluding carboxylic acids is 1. The molecule has 0 aliphatic carbocycles. The molecule has 4 heterocycles. The van der Waals surface area contributed by atoms with Crippen LogP contribution in [-0.4, -0.2) is 57.4 Å². The summed E-state index contributed by atoms with van der Waals surface area (Å²) in [6.07, 6.45) is 6.31. The van der Waals surface area contributed by atoms with Gasteiger partial charge in [-0.05, 0) is 50.8 Å². The normalized spacial score (nSPS) is 18.2. The Morgan fingerprint density at radius 3 is 2.77 bits per heavy atom. The number of aryl methyl sites for hydroxylation is 1. The van der Waals surface area contributed by atoms with Crippen LogP contribution in [0.2, 0.25) is 0 Å². The van der Waals surface area contributed by atoms with Crippen LogP contribution >= 0.6 is 24.0 Å². The number of anilines is 1. The van der Waals surface area contributed by atoms with E-state index in [1.807, 2.05) is 26.0 Å². The lowest BCUT2D eigenvalue weighted by atomic mass is 10.2. The van der Waals surface area contributed by atoms with Gasteiger partial charge in [0.05, 0.1) is 10.5 Å². The number of amides is 1. The van der Waals surface area contributed by atoms with E-state index in [-0.39, 0.29) is 11.5 Å². The molecule has 0 spiro atoms. The van der Waals surface area contributed by atoms with Gasteiger partial charge in [-0.2, -0.15) is 0 Å². The summed E-state index contributed by atoms with van der Waals surface area (Å²) in [5.74, 6) is 0.487. The van der Waals surface area contributed by atoms with E-state index < -0.39 is 0 Å². The lowest BCUT2D eigenvalue weighted by molar-refractivity contribution is -0.122. The van der Waals surface area contributed by atoms with Gasteiger partial charge in [0.2, 0.25) is 0 Å². The van der Waals surface area contributed by atoms with Gasteiger partial charge >= 0.3 is 0 Å². The van der Waals surface area contributed by atoms with Gasteiger partial charge in [-0.15, -0.1) is 0 Å². The topological polar surface area (TPSA) is 67.2 Å². The molecule has 2 aliphatic heterocycles. The minimum Gasteiger partial charge on any atom is -0.382 e. The van der Waals surface area contributed by atoms with Crippen LogP contribution < -0.4 is 10.5 Å². The molecule has 9 heteroatoms. The van der Waals surface area contributed by atoms with Gasteiger partial charge in [-0.1, -0.05) is 30.0 Å². The number of rotatable bonds is 7. The number of nitrogens with zero attached hydrogens (tertiary/aromatic N) is 4. The zero-order valence-electron chi connectivity index (χ0n) is 17.8. The summed E-state index contributed by atoms with van der Waals surface area (Å²) in [4.78, 5) is 35.4. The van der Waals surface area contributed by atoms with E-state index in [0.717, 1.165) is 31.5 Å². The molecule has 2 aromatic heterocycles. The summed E-state index contributed by atoms with van der Waals surface area (Å²) >= 11 is 6.68. The van der Waals surface area contributed by atoms with Gasteiger partial charge in [0.25, 0.3) is 11.5 Å². The Kier molecular flexibility index (Phi) is 6.74. The number of carbonyl (C=O) groups is 1. The molecule has 0 N–H and O–H groups in total. The van der Waals surface area contributed by atoms with Crippen LogP contribution in [0.5, 0.6) is 0 Å². The minimum absolute atomic E-state index is 0.160. The van der Waals surface area contributed by atoms with Gasteiger partial charge in [0, 0.05) is 39.0 Å². The molecule has 2 fully saturated rings. The molecule has 4 rings (SSSR count). The molecule has 0 atom stereocenters. The van der Waals surface area contributed by atoms with E-state index in [1.54, 1.807) is 21.6 Å². The summed E-state index contributed by atoms with van der Waals surface area (Å²) in [6, 6.07) is 3.81.